The van der Waals surface area contributed by atoms with Crippen LogP contribution in [-0.4, -0.2) is 10.1 Å². The van der Waals surface area contributed by atoms with Crippen LogP contribution in [0.1, 0.15) is 0 Å². The summed E-state index contributed by atoms with van der Waals surface area (Å²) in [5.41, 5.74) is 1.87. The van der Waals surface area contributed by atoms with E-state index >= 15 is 0 Å². The van der Waals surface area contributed by atoms with Crippen LogP contribution in [0.25, 0.3) is 32.6 Å². The maximum atomic E-state index is 10.4. The van der Waals surface area contributed by atoms with E-state index in [9.17, 15) is 5.11 Å². The van der Waals surface area contributed by atoms with Crippen molar-refractivity contribution in [1.29, 1.82) is 0 Å². The molecule has 2 N–H and O–H groups in total. The second-order valence-corrected chi connectivity index (χ2v) is 4.54. The number of aromatic amines is 1. The first kappa shape index (κ1) is 9.54. The number of hydrogen-bond donors (Lipinski definition) is 2. The van der Waals surface area contributed by atoms with Crippen molar-refractivity contribution in [2.45, 2.75) is 0 Å². The zero-order valence-electron chi connectivity index (χ0n) is 9.64. The van der Waals surface area contributed by atoms with Crippen molar-refractivity contribution in [2.75, 3.05) is 0 Å². The third kappa shape index (κ3) is 1.12. The van der Waals surface area contributed by atoms with Crippen LogP contribution >= 0.6 is 0 Å². The first-order valence-corrected chi connectivity index (χ1v) is 5.96. The number of H-pyrrole nitrogens is 1. The molecular weight excluding hydrogens is 222 g/mol. The second kappa shape index (κ2) is 3.26. The summed E-state index contributed by atoms with van der Waals surface area (Å²) in [6.07, 6.45) is 0. The van der Waals surface area contributed by atoms with Crippen LogP contribution in [0.3, 0.4) is 0 Å². The lowest BCUT2D eigenvalue weighted by Gasteiger charge is -2.02. The van der Waals surface area contributed by atoms with Crippen LogP contribution < -0.4 is 0 Å². The molecule has 0 aliphatic heterocycles. The highest BCUT2D eigenvalue weighted by Crippen LogP contribution is 2.36. The van der Waals surface area contributed by atoms with Gasteiger partial charge in [0.15, 0.2) is 0 Å². The topological polar surface area (TPSA) is 36.0 Å². The maximum absolute atomic E-state index is 10.4. The van der Waals surface area contributed by atoms with Gasteiger partial charge in [0.1, 0.15) is 5.75 Å². The van der Waals surface area contributed by atoms with Gasteiger partial charge in [0.2, 0.25) is 0 Å². The Morgan fingerprint density at radius 3 is 2.39 bits per heavy atom. The average Bonchev–Trinajstić information content (AvgIpc) is 2.79. The van der Waals surface area contributed by atoms with Gasteiger partial charge in [0, 0.05) is 21.7 Å². The van der Waals surface area contributed by atoms with Crippen molar-refractivity contribution in [3.63, 3.8) is 0 Å². The summed E-state index contributed by atoms with van der Waals surface area (Å²) in [5.74, 6) is 0.333. The minimum absolute atomic E-state index is 0.333. The molecule has 1 aromatic heterocycles. The lowest BCUT2D eigenvalue weighted by Crippen LogP contribution is -1.76. The maximum Gasteiger partial charge on any atom is 0.147 e. The molecule has 4 aromatic rings. The van der Waals surface area contributed by atoms with Crippen LogP contribution in [0.5, 0.6) is 5.75 Å². The van der Waals surface area contributed by atoms with E-state index in [2.05, 4.69) is 17.1 Å². The van der Waals surface area contributed by atoms with E-state index in [1.54, 1.807) is 0 Å². The molecule has 0 bridgehead atoms. The molecule has 0 unspecified atom stereocenters. The number of phenolic OH excluding ortho intramolecular Hbond substituents is 1. The fourth-order valence-electron chi connectivity index (χ4n) is 2.63. The molecule has 2 nitrogen and oxygen atoms in total. The zero-order chi connectivity index (χ0) is 12.1. The van der Waals surface area contributed by atoms with Gasteiger partial charge in [-0.05, 0) is 17.5 Å². The summed E-state index contributed by atoms with van der Waals surface area (Å²) in [6, 6.07) is 18.1. The van der Waals surface area contributed by atoms with E-state index in [0.717, 1.165) is 32.6 Å². The van der Waals surface area contributed by atoms with Crippen LogP contribution in [0, 0.1) is 0 Å². The Labute approximate surface area is 103 Å². The SMILES string of the molecule is Oc1c2ccccc2cc2c1[nH]c1ccccc12. The molecule has 18 heavy (non-hydrogen) atoms. The van der Waals surface area contributed by atoms with Crippen molar-refractivity contribution in [1.82, 2.24) is 4.98 Å². The van der Waals surface area contributed by atoms with E-state index in [-0.39, 0.29) is 0 Å². The Balaban J connectivity index is 2.33. The molecule has 4 rings (SSSR count). The number of phenols is 1. The summed E-state index contributed by atoms with van der Waals surface area (Å²) in [5, 5.41) is 14.5. The van der Waals surface area contributed by atoms with Gasteiger partial charge in [-0.15, -0.1) is 0 Å². The highest BCUT2D eigenvalue weighted by Gasteiger charge is 2.10. The van der Waals surface area contributed by atoms with Gasteiger partial charge in [-0.25, -0.2) is 0 Å². The highest BCUT2D eigenvalue weighted by molar-refractivity contribution is 6.15. The quantitative estimate of drug-likeness (QED) is 0.469. The lowest BCUT2D eigenvalue weighted by atomic mass is 10.1. The van der Waals surface area contributed by atoms with Crippen LogP contribution in [0.15, 0.2) is 54.6 Å². The first-order valence-electron chi connectivity index (χ1n) is 5.96. The summed E-state index contributed by atoms with van der Waals surface area (Å²) >= 11 is 0. The van der Waals surface area contributed by atoms with Crippen molar-refractivity contribution in [3.8, 4) is 5.75 Å². The van der Waals surface area contributed by atoms with E-state index in [1.807, 2.05) is 42.5 Å². The Morgan fingerprint density at radius 2 is 1.50 bits per heavy atom. The number of para-hydroxylation sites is 1. The molecule has 0 saturated carbocycles. The van der Waals surface area contributed by atoms with E-state index < -0.39 is 0 Å². The molecule has 0 spiro atoms. The molecule has 0 atom stereocenters. The van der Waals surface area contributed by atoms with Gasteiger partial charge in [0.05, 0.1) is 5.52 Å². The van der Waals surface area contributed by atoms with Gasteiger partial charge in [-0.2, -0.15) is 0 Å². The number of benzene rings is 3. The smallest absolute Gasteiger partial charge is 0.147 e. The van der Waals surface area contributed by atoms with Gasteiger partial charge >= 0.3 is 0 Å². The molecule has 0 amide bonds. The minimum atomic E-state index is 0.333. The first-order chi connectivity index (χ1) is 8.84. The van der Waals surface area contributed by atoms with Crippen molar-refractivity contribution >= 4 is 32.6 Å². The van der Waals surface area contributed by atoms with Crippen molar-refractivity contribution in [2.24, 2.45) is 0 Å². The van der Waals surface area contributed by atoms with Crippen molar-refractivity contribution in [3.05, 3.63) is 54.6 Å². The molecule has 0 aliphatic carbocycles. The molecule has 0 fully saturated rings. The predicted octanol–water partition coefficient (Wildman–Crippen LogP) is 4.18. The Hall–Kier alpha value is -2.48. The fourth-order valence-corrected chi connectivity index (χ4v) is 2.63. The number of hydrogen-bond acceptors (Lipinski definition) is 1. The fraction of sp³-hybridized carbons (Fsp3) is 0. The Morgan fingerprint density at radius 1 is 0.778 bits per heavy atom. The molecule has 3 aromatic carbocycles. The summed E-state index contributed by atoms with van der Waals surface area (Å²) in [4.78, 5) is 3.29. The highest BCUT2D eigenvalue weighted by atomic mass is 16.3. The summed E-state index contributed by atoms with van der Waals surface area (Å²) < 4.78 is 0. The van der Waals surface area contributed by atoms with Gasteiger partial charge in [-0.1, -0.05) is 42.5 Å². The average molecular weight is 233 g/mol. The monoisotopic (exact) mass is 233 g/mol. The standard InChI is InChI=1S/C16H11NO/c18-16-11-6-2-1-5-10(11)9-13-12-7-3-4-8-14(12)17-15(13)16/h1-9,17-18H. The predicted molar refractivity (Wildman–Crippen MR) is 75.0 cm³/mol. The molecule has 0 aliphatic rings. The van der Waals surface area contributed by atoms with Crippen LogP contribution in [0.2, 0.25) is 0 Å². The number of aromatic hydroxyl groups is 1. The molecule has 2 heteroatoms. The van der Waals surface area contributed by atoms with Crippen LogP contribution in [0.4, 0.5) is 0 Å². The molecule has 1 heterocycles. The molecule has 0 saturated heterocycles. The number of nitrogens with one attached hydrogen (secondary N) is 1. The Kier molecular flexibility index (Phi) is 1.73. The van der Waals surface area contributed by atoms with Crippen molar-refractivity contribution < 1.29 is 5.11 Å². The number of aromatic nitrogens is 1. The van der Waals surface area contributed by atoms with Gasteiger partial charge in [0.25, 0.3) is 0 Å². The summed E-state index contributed by atoms with van der Waals surface area (Å²) in [6.45, 7) is 0. The summed E-state index contributed by atoms with van der Waals surface area (Å²) in [7, 11) is 0. The molecule has 0 radical (unpaired) electrons. The minimum Gasteiger partial charge on any atom is -0.505 e. The van der Waals surface area contributed by atoms with Crippen LogP contribution in [-0.2, 0) is 0 Å². The largest absolute Gasteiger partial charge is 0.505 e. The van der Waals surface area contributed by atoms with Gasteiger partial charge in [-0.3, -0.25) is 0 Å². The Bertz CT molecular complexity index is 889. The number of rotatable bonds is 0. The second-order valence-electron chi connectivity index (χ2n) is 4.54. The van der Waals surface area contributed by atoms with Gasteiger partial charge < -0.3 is 10.1 Å². The number of fused-ring (bicyclic) bond motifs is 4. The third-order valence-corrected chi connectivity index (χ3v) is 3.50. The zero-order valence-corrected chi connectivity index (χ0v) is 9.64. The molecular formula is C16H11NO. The van der Waals surface area contributed by atoms with E-state index in [1.165, 1.54) is 0 Å². The van der Waals surface area contributed by atoms with E-state index in [0.29, 0.717) is 5.75 Å². The normalized spacial score (nSPS) is 11.6. The van der Waals surface area contributed by atoms with E-state index in [4.69, 9.17) is 0 Å². The molecule has 86 valence electrons. The lowest BCUT2D eigenvalue weighted by molar-refractivity contribution is 0.487. The third-order valence-electron chi connectivity index (χ3n) is 3.50.